The Morgan fingerprint density at radius 2 is 2.00 bits per heavy atom. The summed E-state index contributed by atoms with van der Waals surface area (Å²) in [7, 11) is 0. The molecule has 1 aliphatic rings. The lowest BCUT2D eigenvalue weighted by Gasteiger charge is -2.10. The highest BCUT2D eigenvalue weighted by molar-refractivity contribution is 5.37. The van der Waals surface area contributed by atoms with Crippen LogP contribution >= 0.6 is 0 Å². The molecule has 0 bridgehead atoms. The largest absolute Gasteiger partial charge is 0.423 e. The van der Waals surface area contributed by atoms with Crippen LogP contribution in [0.2, 0.25) is 0 Å². The molecule has 0 aliphatic heterocycles. The van der Waals surface area contributed by atoms with Gasteiger partial charge in [0, 0.05) is 0 Å². The number of hydrogen-bond acceptors (Lipinski definition) is 4. The molecule has 1 aromatic heterocycles. The van der Waals surface area contributed by atoms with Gasteiger partial charge in [-0.2, -0.15) is 0 Å². The van der Waals surface area contributed by atoms with E-state index < -0.39 is 0 Å². The summed E-state index contributed by atoms with van der Waals surface area (Å²) in [5.41, 5.74) is 1.27. The summed E-state index contributed by atoms with van der Waals surface area (Å²) in [6, 6.07) is 10.5. The molecule has 1 aliphatic carbocycles. The van der Waals surface area contributed by atoms with Gasteiger partial charge in [-0.25, -0.2) is 0 Å². The second-order valence-corrected chi connectivity index (χ2v) is 5.13. The van der Waals surface area contributed by atoms with Gasteiger partial charge in [0.05, 0.1) is 12.0 Å². The van der Waals surface area contributed by atoms with Crippen LogP contribution in [0.5, 0.6) is 0 Å². The number of nitrogens with zero attached hydrogens (tertiary/aromatic N) is 2. The molecule has 0 spiro atoms. The van der Waals surface area contributed by atoms with Gasteiger partial charge in [-0.1, -0.05) is 37.3 Å². The van der Waals surface area contributed by atoms with Gasteiger partial charge in [0.1, 0.15) is 0 Å². The molecule has 4 nitrogen and oxygen atoms in total. The van der Waals surface area contributed by atoms with Crippen molar-refractivity contribution in [1.82, 2.24) is 15.5 Å². The first-order valence-electron chi connectivity index (χ1n) is 6.94. The zero-order chi connectivity index (χ0) is 13.1. The van der Waals surface area contributed by atoms with E-state index in [1.807, 2.05) is 6.07 Å². The van der Waals surface area contributed by atoms with Gasteiger partial charge in [0.25, 0.3) is 0 Å². The highest BCUT2D eigenvalue weighted by atomic mass is 16.4. The van der Waals surface area contributed by atoms with Crippen LogP contribution in [-0.4, -0.2) is 16.7 Å². The second-order valence-electron chi connectivity index (χ2n) is 5.13. The lowest BCUT2D eigenvalue weighted by molar-refractivity contribution is 0.412. The minimum absolute atomic E-state index is 0.0166. The van der Waals surface area contributed by atoms with E-state index in [4.69, 9.17) is 4.42 Å². The van der Waals surface area contributed by atoms with Crippen LogP contribution in [0.25, 0.3) is 0 Å². The second kappa shape index (κ2) is 5.13. The molecule has 0 saturated heterocycles. The lowest BCUT2D eigenvalue weighted by atomic mass is 9.96. The Kier molecular flexibility index (Phi) is 3.34. The Morgan fingerprint density at radius 3 is 2.68 bits per heavy atom. The predicted octanol–water partition coefficient (Wildman–Crippen LogP) is 2.65. The van der Waals surface area contributed by atoms with Crippen LogP contribution in [0.4, 0.5) is 0 Å². The molecule has 1 aromatic carbocycles. The molecule has 0 unspecified atom stereocenters. The van der Waals surface area contributed by atoms with Crippen LogP contribution in [-0.2, 0) is 12.0 Å². The fraction of sp³-hybridized carbons (Fsp3) is 0.467. The van der Waals surface area contributed by atoms with E-state index in [1.54, 1.807) is 0 Å². The Balaban J connectivity index is 1.76. The smallest absolute Gasteiger partial charge is 0.230 e. The van der Waals surface area contributed by atoms with E-state index in [2.05, 4.69) is 46.7 Å². The van der Waals surface area contributed by atoms with Gasteiger partial charge in [-0.05, 0) is 31.4 Å². The summed E-state index contributed by atoms with van der Waals surface area (Å²) in [4.78, 5) is 0. The molecule has 0 amide bonds. The van der Waals surface area contributed by atoms with Crippen LogP contribution in [0.3, 0.4) is 0 Å². The summed E-state index contributed by atoms with van der Waals surface area (Å²) in [6.45, 7) is 3.77. The third kappa shape index (κ3) is 2.40. The molecule has 4 heteroatoms. The van der Waals surface area contributed by atoms with Crippen molar-refractivity contribution < 1.29 is 4.42 Å². The first-order valence-corrected chi connectivity index (χ1v) is 6.94. The van der Waals surface area contributed by atoms with Crippen LogP contribution in [0.1, 0.15) is 43.5 Å². The van der Waals surface area contributed by atoms with Crippen molar-refractivity contribution in [1.29, 1.82) is 0 Å². The van der Waals surface area contributed by atoms with Crippen molar-refractivity contribution in [2.24, 2.45) is 0 Å². The van der Waals surface area contributed by atoms with E-state index in [1.165, 1.54) is 5.56 Å². The zero-order valence-electron chi connectivity index (χ0n) is 11.2. The normalized spacial score (nSPS) is 16.5. The Morgan fingerprint density at radius 1 is 1.21 bits per heavy atom. The van der Waals surface area contributed by atoms with Crippen LogP contribution in [0, 0.1) is 0 Å². The fourth-order valence-electron chi connectivity index (χ4n) is 2.40. The molecule has 1 fully saturated rings. The molecular formula is C15H19N3O. The standard InChI is InChI=1S/C15H19N3O/c1-2-10-16-11-13-17-18-14(19-13)15(8-9-15)12-6-4-3-5-7-12/h3-7,16H,2,8-11H2,1H3. The van der Waals surface area contributed by atoms with Crippen molar-refractivity contribution in [3.63, 3.8) is 0 Å². The monoisotopic (exact) mass is 257 g/mol. The van der Waals surface area contributed by atoms with Gasteiger partial charge >= 0.3 is 0 Å². The van der Waals surface area contributed by atoms with Gasteiger partial charge in [-0.15, -0.1) is 10.2 Å². The summed E-state index contributed by atoms with van der Waals surface area (Å²) in [6.07, 6.45) is 3.30. The van der Waals surface area contributed by atoms with Crippen molar-refractivity contribution in [3.8, 4) is 0 Å². The highest BCUT2D eigenvalue weighted by Gasteiger charge is 2.50. The molecule has 2 aromatic rings. The molecule has 19 heavy (non-hydrogen) atoms. The van der Waals surface area contributed by atoms with E-state index in [0.717, 1.165) is 31.7 Å². The third-order valence-corrected chi connectivity index (χ3v) is 3.66. The van der Waals surface area contributed by atoms with Crippen molar-refractivity contribution in [2.45, 2.75) is 38.1 Å². The molecule has 1 saturated carbocycles. The maximum absolute atomic E-state index is 5.83. The molecule has 0 radical (unpaired) electrons. The van der Waals surface area contributed by atoms with Gasteiger partial charge in [-0.3, -0.25) is 0 Å². The SMILES string of the molecule is CCCNCc1nnc(C2(c3ccccc3)CC2)o1. The molecule has 1 heterocycles. The van der Waals surface area contributed by atoms with Crippen LogP contribution < -0.4 is 5.32 Å². The summed E-state index contributed by atoms with van der Waals surface area (Å²) >= 11 is 0. The molecule has 0 atom stereocenters. The first-order chi connectivity index (χ1) is 9.35. The van der Waals surface area contributed by atoms with E-state index in [9.17, 15) is 0 Å². The molecule has 3 rings (SSSR count). The topological polar surface area (TPSA) is 51.0 Å². The number of aromatic nitrogens is 2. The minimum Gasteiger partial charge on any atom is -0.423 e. The highest BCUT2D eigenvalue weighted by Crippen LogP contribution is 2.52. The lowest BCUT2D eigenvalue weighted by Crippen LogP contribution is -2.14. The molecule has 100 valence electrons. The number of nitrogens with one attached hydrogen (secondary N) is 1. The maximum Gasteiger partial charge on any atom is 0.230 e. The van der Waals surface area contributed by atoms with Gasteiger partial charge in [0.15, 0.2) is 0 Å². The molecular weight excluding hydrogens is 238 g/mol. The Hall–Kier alpha value is -1.68. The summed E-state index contributed by atoms with van der Waals surface area (Å²) < 4.78 is 5.83. The predicted molar refractivity (Wildman–Crippen MR) is 72.8 cm³/mol. The summed E-state index contributed by atoms with van der Waals surface area (Å²) in [5.74, 6) is 1.46. The molecule has 1 N–H and O–H groups in total. The maximum atomic E-state index is 5.83. The minimum atomic E-state index is -0.0166. The Bertz CT molecular complexity index is 531. The quantitative estimate of drug-likeness (QED) is 0.808. The fourth-order valence-corrected chi connectivity index (χ4v) is 2.40. The van der Waals surface area contributed by atoms with Crippen molar-refractivity contribution in [3.05, 3.63) is 47.7 Å². The zero-order valence-corrected chi connectivity index (χ0v) is 11.2. The van der Waals surface area contributed by atoms with Crippen molar-refractivity contribution in [2.75, 3.05) is 6.54 Å². The van der Waals surface area contributed by atoms with E-state index in [0.29, 0.717) is 12.4 Å². The number of hydrogen-bond donors (Lipinski definition) is 1. The number of benzene rings is 1. The Labute approximate surface area is 113 Å². The van der Waals surface area contributed by atoms with E-state index >= 15 is 0 Å². The van der Waals surface area contributed by atoms with Gasteiger partial charge < -0.3 is 9.73 Å². The van der Waals surface area contributed by atoms with Crippen LogP contribution in [0.15, 0.2) is 34.7 Å². The van der Waals surface area contributed by atoms with E-state index in [-0.39, 0.29) is 5.41 Å². The third-order valence-electron chi connectivity index (χ3n) is 3.66. The van der Waals surface area contributed by atoms with Gasteiger partial charge in [0.2, 0.25) is 11.8 Å². The summed E-state index contributed by atoms with van der Waals surface area (Å²) in [5, 5.41) is 11.7. The first kappa shape index (κ1) is 12.4. The average molecular weight is 257 g/mol. The average Bonchev–Trinajstić information content (AvgIpc) is 3.14. The number of rotatable bonds is 6. The van der Waals surface area contributed by atoms with Crippen molar-refractivity contribution >= 4 is 0 Å².